The zero-order chi connectivity index (χ0) is 22.3. The molecule has 1 fully saturated rings. The molecule has 1 unspecified atom stereocenters. The van der Waals surface area contributed by atoms with Gasteiger partial charge in [-0.15, -0.1) is 0 Å². The van der Waals surface area contributed by atoms with Crippen molar-refractivity contribution in [2.75, 3.05) is 26.2 Å². The van der Waals surface area contributed by atoms with E-state index in [1.807, 2.05) is 0 Å². The monoisotopic (exact) mass is 443 g/mol. The van der Waals surface area contributed by atoms with Gasteiger partial charge in [0, 0.05) is 18.7 Å². The van der Waals surface area contributed by atoms with Gasteiger partial charge in [0.05, 0.1) is 16.6 Å². The summed E-state index contributed by atoms with van der Waals surface area (Å²) >= 11 is 0. The predicted octanol–water partition coefficient (Wildman–Crippen LogP) is 1.98. The van der Waals surface area contributed by atoms with Crippen LogP contribution in [0.2, 0.25) is 0 Å². The average molecular weight is 444 g/mol. The van der Waals surface area contributed by atoms with Gasteiger partial charge in [-0.25, -0.2) is 8.42 Å². The van der Waals surface area contributed by atoms with Crippen LogP contribution in [-0.2, 0) is 20.4 Å². The number of sulfone groups is 1. The molecule has 0 spiro atoms. The first-order valence-electron chi connectivity index (χ1n) is 10.5. The zero-order valence-corrected chi connectivity index (χ0v) is 18.3. The Hall–Kier alpha value is -2.71. The summed E-state index contributed by atoms with van der Waals surface area (Å²) in [5, 5.41) is 2.89. The van der Waals surface area contributed by atoms with Gasteiger partial charge in [0.25, 0.3) is 5.91 Å². The normalized spacial score (nSPS) is 17.2. The van der Waals surface area contributed by atoms with Crippen LogP contribution in [0.4, 0.5) is 0 Å². The molecule has 2 aromatic carbocycles. The molecule has 2 aromatic rings. The highest BCUT2D eigenvalue weighted by Crippen LogP contribution is 2.17. The number of piperidine rings is 1. The Morgan fingerprint density at radius 3 is 2.45 bits per heavy atom. The van der Waals surface area contributed by atoms with Crippen LogP contribution in [-0.4, -0.2) is 51.3 Å². The molecule has 1 aliphatic heterocycles. The molecule has 7 nitrogen and oxygen atoms in total. The van der Waals surface area contributed by atoms with E-state index in [4.69, 9.17) is 5.73 Å². The maximum atomic E-state index is 12.5. The summed E-state index contributed by atoms with van der Waals surface area (Å²) in [4.78, 5) is 26.2. The fourth-order valence-electron chi connectivity index (χ4n) is 3.78. The second kappa shape index (κ2) is 10.5. The van der Waals surface area contributed by atoms with Crippen molar-refractivity contribution in [2.45, 2.75) is 29.9 Å². The van der Waals surface area contributed by atoms with Gasteiger partial charge in [-0.2, -0.15) is 0 Å². The highest BCUT2D eigenvalue weighted by atomic mass is 32.2. The van der Waals surface area contributed by atoms with Crippen LogP contribution in [0, 0.1) is 5.92 Å². The molecule has 1 saturated heterocycles. The maximum Gasteiger partial charge on any atom is 0.251 e. The molecule has 166 valence electrons. The lowest BCUT2D eigenvalue weighted by Crippen LogP contribution is -2.42. The number of likely N-dealkylation sites (tertiary alicyclic amines) is 1. The summed E-state index contributed by atoms with van der Waals surface area (Å²) in [6.45, 7) is 2.97. The Morgan fingerprint density at radius 1 is 1.06 bits per heavy atom. The molecular formula is C23H29N3O4S. The van der Waals surface area contributed by atoms with Gasteiger partial charge in [0.15, 0.2) is 9.84 Å². The van der Waals surface area contributed by atoms with Crippen molar-refractivity contribution in [3.8, 4) is 0 Å². The van der Waals surface area contributed by atoms with E-state index in [0.29, 0.717) is 24.2 Å². The summed E-state index contributed by atoms with van der Waals surface area (Å²) in [5.74, 6) is -0.613. The van der Waals surface area contributed by atoms with Crippen molar-refractivity contribution >= 4 is 21.7 Å². The van der Waals surface area contributed by atoms with Gasteiger partial charge in [-0.3, -0.25) is 9.59 Å². The third-order valence-corrected chi connectivity index (χ3v) is 7.22. The first kappa shape index (κ1) is 23.0. The first-order valence-corrected chi connectivity index (χ1v) is 12.2. The summed E-state index contributed by atoms with van der Waals surface area (Å²) in [6.07, 6.45) is 2.60. The number of carbonyl (C=O) groups excluding carboxylic acids is 2. The van der Waals surface area contributed by atoms with Crippen LogP contribution in [0.25, 0.3) is 0 Å². The number of benzene rings is 2. The number of nitrogens with zero attached hydrogens (tertiary/aromatic N) is 1. The van der Waals surface area contributed by atoms with Gasteiger partial charge in [0.1, 0.15) is 0 Å². The smallest absolute Gasteiger partial charge is 0.251 e. The molecule has 3 rings (SSSR count). The first-order chi connectivity index (χ1) is 14.8. The summed E-state index contributed by atoms with van der Waals surface area (Å²) < 4.78 is 24.9. The molecule has 2 amide bonds. The van der Waals surface area contributed by atoms with E-state index >= 15 is 0 Å². The van der Waals surface area contributed by atoms with Crippen molar-refractivity contribution in [3.63, 3.8) is 0 Å². The van der Waals surface area contributed by atoms with Gasteiger partial charge in [0.2, 0.25) is 5.91 Å². The van der Waals surface area contributed by atoms with Crippen LogP contribution in [0.5, 0.6) is 0 Å². The van der Waals surface area contributed by atoms with E-state index in [9.17, 15) is 18.0 Å². The van der Waals surface area contributed by atoms with E-state index in [2.05, 4.69) is 10.2 Å². The topological polar surface area (TPSA) is 110 Å². The Morgan fingerprint density at radius 2 is 1.77 bits per heavy atom. The fourth-order valence-corrected chi connectivity index (χ4v) is 5.15. The molecule has 3 N–H and O–H groups in total. The lowest BCUT2D eigenvalue weighted by molar-refractivity contribution is -0.123. The largest absolute Gasteiger partial charge is 0.369 e. The number of hydrogen-bond acceptors (Lipinski definition) is 5. The lowest BCUT2D eigenvalue weighted by atomic mass is 9.97. The minimum atomic E-state index is -3.42. The predicted molar refractivity (Wildman–Crippen MR) is 119 cm³/mol. The number of nitrogens with two attached hydrogens (primary N) is 1. The molecule has 0 saturated carbocycles. The molecule has 0 bridgehead atoms. The van der Waals surface area contributed by atoms with E-state index < -0.39 is 9.84 Å². The zero-order valence-electron chi connectivity index (χ0n) is 17.5. The summed E-state index contributed by atoms with van der Waals surface area (Å²) in [6, 6.07) is 15.0. The van der Waals surface area contributed by atoms with Crippen LogP contribution >= 0.6 is 0 Å². The molecule has 31 heavy (non-hydrogen) atoms. The highest BCUT2D eigenvalue weighted by Gasteiger charge is 2.23. The van der Waals surface area contributed by atoms with Gasteiger partial charge < -0.3 is 16.0 Å². The maximum absolute atomic E-state index is 12.5. The molecule has 0 radical (unpaired) electrons. The molecule has 1 heterocycles. The van der Waals surface area contributed by atoms with Crippen molar-refractivity contribution in [2.24, 2.45) is 11.7 Å². The molecule has 0 aromatic heterocycles. The van der Waals surface area contributed by atoms with Gasteiger partial charge in [-0.1, -0.05) is 30.3 Å². The number of rotatable bonds is 9. The van der Waals surface area contributed by atoms with Crippen LogP contribution in [0.15, 0.2) is 59.5 Å². The number of carbonyl (C=O) groups is 2. The molecule has 1 atom stereocenters. The van der Waals surface area contributed by atoms with Crippen molar-refractivity contribution in [1.82, 2.24) is 10.2 Å². The number of hydrogen-bond donors (Lipinski definition) is 2. The molecule has 0 aliphatic carbocycles. The van der Waals surface area contributed by atoms with E-state index in [0.717, 1.165) is 32.4 Å². The number of amides is 2. The van der Waals surface area contributed by atoms with Crippen LogP contribution < -0.4 is 11.1 Å². The average Bonchev–Trinajstić information content (AvgIpc) is 2.77. The van der Waals surface area contributed by atoms with E-state index in [1.165, 1.54) is 0 Å². The Kier molecular flexibility index (Phi) is 7.81. The second-order valence-electron chi connectivity index (χ2n) is 7.92. The van der Waals surface area contributed by atoms with E-state index in [1.54, 1.807) is 54.6 Å². The second-order valence-corrected chi connectivity index (χ2v) is 9.91. The Bertz CT molecular complexity index is 991. The lowest BCUT2D eigenvalue weighted by Gasteiger charge is -2.31. The van der Waals surface area contributed by atoms with Crippen LogP contribution in [0.1, 0.15) is 35.2 Å². The molecular weight excluding hydrogens is 414 g/mol. The summed E-state index contributed by atoms with van der Waals surface area (Å²) in [7, 11) is -3.42. The highest BCUT2D eigenvalue weighted by molar-refractivity contribution is 7.90. The number of primary amides is 1. The van der Waals surface area contributed by atoms with Crippen molar-refractivity contribution in [3.05, 3.63) is 65.7 Å². The van der Waals surface area contributed by atoms with Gasteiger partial charge >= 0.3 is 0 Å². The van der Waals surface area contributed by atoms with E-state index in [-0.39, 0.29) is 28.4 Å². The summed E-state index contributed by atoms with van der Waals surface area (Å²) in [5.41, 5.74) is 6.53. The Balaban J connectivity index is 1.44. The quantitative estimate of drug-likeness (QED) is 0.576. The SMILES string of the molecule is NC(=O)C1CCCN(CCCNC(=O)c2ccc(CS(=O)(=O)c3ccccc3)cc2)C1. The Labute approximate surface area is 183 Å². The van der Waals surface area contributed by atoms with Crippen LogP contribution in [0.3, 0.4) is 0 Å². The fraction of sp³-hybridized carbons (Fsp3) is 0.391. The van der Waals surface area contributed by atoms with Crippen molar-refractivity contribution < 1.29 is 18.0 Å². The minimum Gasteiger partial charge on any atom is -0.369 e. The molecule has 1 aliphatic rings. The number of nitrogens with one attached hydrogen (secondary N) is 1. The van der Waals surface area contributed by atoms with Crippen molar-refractivity contribution in [1.29, 1.82) is 0 Å². The minimum absolute atomic E-state index is 0.0763. The third-order valence-electron chi connectivity index (χ3n) is 5.52. The third kappa shape index (κ3) is 6.63. The van der Waals surface area contributed by atoms with Gasteiger partial charge in [-0.05, 0) is 62.2 Å². The molecule has 8 heteroatoms. The standard InChI is InChI=1S/C23H29N3O4S/c24-22(27)20-6-4-14-26(16-20)15-5-13-25-23(28)19-11-9-18(10-12-19)17-31(29,30)21-7-2-1-3-8-21/h1-3,7-12,20H,4-6,13-17H2,(H2,24,27)(H,25,28).